The maximum absolute atomic E-state index is 5.78. The van der Waals surface area contributed by atoms with Crippen molar-refractivity contribution >= 4 is 17.7 Å². The van der Waals surface area contributed by atoms with Crippen molar-refractivity contribution in [2.75, 3.05) is 18.6 Å². The molecule has 0 aliphatic carbocycles. The molecule has 0 aliphatic rings. The molecule has 0 fully saturated rings. The van der Waals surface area contributed by atoms with Crippen molar-refractivity contribution in [2.24, 2.45) is 5.73 Å². The predicted octanol–water partition coefficient (Wildman–Crippen LogP) is 5.37. The maximum atomic E-state index is 5.78. The molecule has 0 amide bonds. The number of anilines is 1. The van der Waals surface area contributed by atoms with Gasteiger partial charge in [-0.2, -0.15) is 0 Å². The van der Waals surface area contributed by atoms with Gasteiger partial charge in [0.15, 0.2) is 0 Å². The third kappa shape index (κ3) is 5.94. The molecule has 2 aromatic carbocycles. The smallest absolute Gasteiger partial charge is 0.141 e. The Morgan fingerprint density at radius 3 is 2.32 bits per heavy atom. The van der Waals surface area contributed by atoms with Crippen LogP contribution in [0.5, 0.6) is 11.5 Å². The largest absolute Gasteiger partial charge is 0.496 e. The standard InChI is InChI=1S/C18H22N2O2S.C2H6/c1-5-20(14(3)19)15-7-10-17(11-8-15)23-22-16-9-6-13(2)18(12-16)21-4;1-2/h6-12H,3,5,19H2,1-2,4H3;1-2H3. The topological polar surface area (TPSA) is 47.7 Å². The molecule has 0 bridgehead atoms. The van der Waals surface area contributed by atoms with Gasteiger partial charge in [-0.25, -0.2) is 0 Å². The number of ether oxygens (including phenoxy) is 1. The van der Waals surface area contributed by atoms with Gasteiger partial charge < -0.3 is 19.6 Å². The molecule has 0 unspecified atom stereocenters. The third-order valence-corrected chi connectivity index (χ3v) is 4.17. The zero-order valence-electron chi connectivity index (χ0n) is 15.7. The van der Waals surface area contributed by atoms with Crippen LogP contribution >= 0.6 is 12.0 Å². The first-order valence-electron chi connectivity index (χ1n) is 8.36. The molecule has 4 nitrogen and oxygen atoms in total. The molecule has 2 N–H and O–H groups in total. The molecule has 0 radical (unpaired) electrons. The van der Waals surface area contributed by atoms with E-state index in [9.17, 15) is 0 Å². The molecule has 0 aliphatic heterocycles. The molecule has 25 heavy (non-hydrogen) atoms. The van der Waals surface area contributed by atoms with Crippen molar-refractivity contribution in [3.63, 3.8) is 0 Å². The van der Waals surface area contributed by atoms with Crippen LogP contribution in [0.1, 0.15) is 26.3 Å². The van der Waals surface area contributed by atoms with Crippen LogP contribution < -0.4 is 19.6 Å². The second-order valence-corrected chi connectivity index (χ2v) is 5.83. The molecule has 0 spiro atoms. The zero-order chi connectivity index (χ0) is 18.8. The summed E-state index contributed by atoms with van der Waals surface area (Å²) in [6.45, 7) is 12.6. The average Bonchev–Trinajstić information content (AvgIpc) is 2.64. The van der Waals surface area contributed by atoms with Gasteiger partial charge in [-0.05, 0) is 49.7 Å². The second-order valence-electron chi connectivity index (χ2n) is 5.03. The Labute approximate surface area is 155 Å². The molecule has 0 saturated carbocycles. The minimum Gasteiger partial charge on any atom is -0.496 e. The molecule has 136 valence electrons. The molecule has 0 heterocycles. The van der Waals surface area contributed by atoms with Gasteiger partial charge in [0.2, 0.25) is 0 Å². The van der Waals surface area contributed by atoms with E-state index in [1.807, 2.05) is 75.1 Å². The van der Waals surface area contributed by atoms with Crippen LogP contribution in [0.4, 0.5) is 5.69 Å². The highest BCUT2D eigenvalue weighted by molar-refractivity contribution is 7.95. The third-order valence-electron chi connectivity index (χ3n) is 3.42. The van der Waals surface area contributed by atoms with Crippen molar-refractivity contribution in [3.05, 3.63) is 60.4 Å². The Morgan fingerprint density at radius 2 is 1.80 bits per heavy atom. The number of hydrogen-bond acceptors (Lipinski definition) is 5. The van der Waals surface area contributed by atoms with E-state index in [4.69, 9.17) is 14.7 Å². The number of methoxy groups -OCH3 is 1. The summed E-state index contributed by atoms with van der Waals surface area (Å²) in [5, 5.41) is 0. The SMILES string of the molecule is C=C(N)N(CC)c1ccc(SOc2ccc(C)c(OC)c2)cc1.CC. The highest BCUT2D eigenvalue weighted by Gasteiger charge is 2.06. The molecule has 0 atom stereocenters. The monoisotopic (exact) mass is 360 g/mol. The Hall–Kier alpha value is -2.27. The first-order valence-corrected chi connectivity index (χ1v) is 9.10. The summed E-state index contributed by atoms with van der Waals surface area (Å²) in [5.74, 6) is 2.11. The van der Waals surface area contributed by atoms with Crippen LogP contribution in [-0.4, -0.2) is 13.7 Å². The van der Waals surface area contributed by atoms with E-state index >= 15 is 0 Å². The summed E-state index contributed by atoms with van der Waals surface area (Å²) in [6, 6.07) is 13.8. The van der Waals surface area contributed by atoms with Gasteiger partial charge in [0.05, 0.1) is 25.0 Å². The molecule has 0 saturated heterocycles. The summed E-state index contributed by atoms with van der Waals surface area (Å²) in [5.41, 5.74) is 7.88. The lowest BCUT2D eigenvalue weighted by molar-refractivity contribution is 0.410. The van der Waals surface area contributed by atoms with Gasteiger partial charge in [0, 0.05) is 23.2 Å². The maximum Gasteiger partial charge on any atom is 0.141 e. The summed E-state index contributed by atoms with van der Waals surface area (Å²) >= 11 is 1.31. The molecule has 5 heteroatoms. The summed E-state index contributed by atoms with van der Waals surface area (Å²) in [4.78, 5) is 2.95. The predicted molar refractivity (Wildman–Crippen MR) is 108 cm³/mol. The minimum absolute atomic E-state index is 0.538. The van der Waals surface area contributed by atoms with Crippen LogP contribution in [-0.2, 0) is 0 Å². The molecular formula is C20H28N2O2S. The van der Waals surface area contributed by atoms with Gasteiger partial charge in [-0.15, -0.1) is 0 Å². The van der Waals surface area contributed by atoms with Gasteiger partial charge in [0.25, 0.3) is 0 Å². The van der Waals surface area contributed by atoms with E-state index in [2.05, 4.69) is 6.58 Å². The zero-order valence-corrected chi connectivity index (χ0v) is 16.5. The first kappa shape index (κ1) is 20.8. The highest BCUT2D eigenvalue weighted by Crippen LogP contribution is 2.29. The van der Waals surface area contributed by atoms with Crippen molar-refractivity contribution in [3.8, 4) is 11.5 Å². The van der Waals surface area contributed by atoms with Gasteiger partial charge in [-0.1, -0.05) is 26.5 Å². The number of rotatable bonds is 7. The Kier molecular flexibility index (Phi) is 8.78. The number of hydrogen-bond donors (Lipinski definition) is 1. The molecule has 2 aromatic rings. The van der Waals surface area contributed by atoms with Gasteiger partial charge in [0.1, 0.15) is 11.5 Å². The van der Waals surface area contributed by atoms with Crippen LogP contribution in [0.3, 0.4) is 0 Å². The lowest BCUT2D eigenvalue weighted by Gasteiger charge is -2.22. The van der Waals surface area contributed by atoms with Crippen LogP contribution in [0.2, 0.25) is 0 Å². The lowest BCUT2D eigenvalue weighted by Crippen LogP contribution is -2.26. The van der Waals surface area contributed by atoms with Crippen molar-refractivity contribution in [1.82, 2.24) is 0 Å². The average molecular weight is 361 g/mol. The van der Waals surface area contributed by atoms with Crippen molar-refractivity contribution < 1.29 is 8.92 Å². The molecule has 2 rings (SSSR count). The quantitative estimate of drug-likeness (QED) is 0.672. The Balaban J connectivity index is 0.00000151. The van der Waals surface area contributed by atoms with Gasteiger partial charge in [-0.3, -0.25) is 0 Å². The fourth-order valence-corrected chi connectivity index (χ4v) is 2.72. The fraction of sp³-hybridized carbons (Fsp3) is 0.300. The highest BCUT2D eigenvalue weighted by atomic mass is 32.2. The fourth-order valence-electron chi connectivity index (χ4n) is 2.18. The Bertz CT molecular complexity index is 672. The van der Waals surface area contributed by atoms with E-state index in [0.717, 1.165) is 34.2 Å². The van der Waals surface area contributed by atoms with Crippen LogP contribution in [0, 0.1) is 6.92 Å². The number of benzene rings is 2. The van der Waals surface area contributed by atoms with Gasteiger partial charge >= 0.3 is 0 Å². The summed E-state index contributed by atoms with van der Waals surface area (Å²) in [6.07, 6.45) is 0. The van der Waals surface area contributed by atoms with E-state index in [1.165, 1.54) is 12.0 Å². The number of aryl methyl sites for hydroxylation is 1. The molecule has 0 aromatic heterocycles. The lowest BCUT2D eigenvalue weighted by atomic mass is 10.2. The van der Waals surface area contributed by atoms with E-state index < -0.39 is 0 Å². The first-order chi connectivity index (χ1) is 12.0. The van der Waals surface area contributed by atoms with Crippen LogP contribution in [0.25, 0.3) is 0 Å². The van der Waals surface area contributed by atoms with E-state index in [0.29, 0.717) is 5.82 Å². The number of nitrogens with zero attached hydrogens (tertiary/aromatic N) is 1. The van der Waals surface area contributed by atoms with Crippen molar-refractivity contribution in [1.29, 1.82) is 0 Å². The summed E-state index contributed by atoms with van der Waals surface area (Å²) in [7, 11) is 1.66. The van der Waals surface area contributed by atoms with E-state index in [1.54, 1.807) is 7.11 Å². The van der Waals surface area contributed by atoms with Crippen LogP contribution in [0.15, 0.2) is 59.8 Å². The second kappa shape index (κ2) is 10.6. The number of nitrogens with two attached hydrogens (primary N) is 1. The van der Waals surface area contributed by atoms with Crippen molar-refractivity contribution in [2.45, 2.75) is 32.6 Å². The van der Waals surface area contributed by atoms with E-state index in [-0.39, 0.29) is 0 Å². The normalized spacial score (nSPS) is 9.64. The molecular weight excluding hydrogens is 332 g/mol. The summed E-state index contributed by atoms with van der Waals surface area (Å²) < 4.78 is 11.0. The Morgan fingerprint density at radius 1 is 1.16 bits per heavy atom. The minimum atomic E-state index is 0.538.